The van der Waals surface area contributed by atoms with Gasteiger partial charge in [-0.15, -0.1) is 13.2 Å². The van der Waals surface area contributed by atoms with Gasteiger partial charge in [0.05, 0.1) is 0 Å². The zero-order valence-electron chi connectivity index (χ0n) is 8.35. The van der Waals surface area contributed by atoms with E-state index in [2.05, 4.69) is 4.74 Å². The third kappa shape index (κ3) is 4.74. The molecule has 0 N–H and O–H groups in total. The van der Waals surface area contributed by atoms with Crippen molar-refractivity contribution in [2.45, 2.75) is 27.1 Å². The van der Waals surface area contributed by atoms with Crippen molar-refractivity contribution in [1.82, 2.24) is 0 Å². The van der Waals surface area contributed by atoms with Crippen molar-refractivity contribution in [3.05, 3.63) is 29.8 Å². The molecule has 0 saturated heterocycles. The highest BCUT2D eigenvalue weighted by molar-refractivity contribution is 5.31. The van der Waals surface area contributed by atoms with Crippen LogP contribution in [-0.4, -0.2) is 6.36 Å². The fraction of sp³-hybridized carbons (Fsp3) is 0.400. The van der Waals surface area contributed by atoms with Crippen molar-refractivity contribution in [3.63, 3.8) is 0 Å². The van der Waals surface area contributed by atoms with E-state index < -0.39 is 6.36 Å². The highest BCUT2D eigenvalue weighted by Crippen LogP contribution is 2.25. The Morgan fingerprint density at radius 2 is 1.57 bits per heavy atom. The Hall–Kier alpha value is -1.19. The molecular weight excluding hydrogens is 193 g/mol. The predicted octanol–water partition coefficient (Wildman–Crippen LogP) is 3.92. The summed E-state index contributed by atoms with van der Waals surface area (Å²) in [6.45, 7) is 5.56. The van der Waals surface area contributed by atoms with Crippen LogP contribution in [-0.2, 0) is 0 Å². The molecule has 0 heterocycles. The molecule has 0 spiro atoms. The van der Waals surface area contributed by atoms with Gasteiger partial charge in [0.1, 0.15) is 5.75 Å². The maximum atomic E-state index is 11.7. The molecule has 0 fully saturated rings. The van der Waals surface area contributed by atoms with Gasteiger partial charge in [-0.05, 0) is 18.6 Å². The van der Waals surface area contributed by atoms with Crippen LogP contribution in [0, 0.1) is 6.92 Å². The smallest absolute Gasteiger partial charge is 0.406 e. The lowest BCUT2D eigenvalue weighted by Gasteiger charge is -2.10. The van der Waals surface area contributed by atoms with E-state index in [-0.39, 0.29) is 5.75 Å². The lowest BCUT2D eigenvalue weighted by molar-refractivity contribution is -0.274. The normalized spacial score (nSPS) is 10.1. The standard InChI is InChI=1S/C8H7F3O.C2H6/c1-6-4-2-3-5-7(6)12-8(9,10)11;1-2/h2-5H,1H3;1-2H3. The molecule has 14 heavy (non-hydrogen) atoms. The molecular formula is C10H13F3O. The van der Waals surface area contributed by atoms with Crippen LogP contribution in [0.15, 0.2) is 24.3 Å². The zero-order valence-corrected chi connectivity index (χ0v) is 8.35. The molecule has 0 bridgehead atoms. The van der Waals surface area contributed by atoms with E-state index in [9.17, 15) is 13.2 Å². The number of hydrogen-bond acceptors (Lipinski definition) is 1. The van der Waals surface area contributed by atoms with E-state index in [4.69, 9.17) is 0 Å². The molecule has 0 saturated carbocycles. The first-order valence-corrected chi connectivity index (χ1v) is 4.30. The summed E-state index contributed by atoms with van der Waals surface area (Å²) in [7, 11) is 0. The van der Waals surface area contributed by atoms with Crippen molar-refractivity contribution in [3.8, 4) is 5.75 Å². The third-order valence-corrected chi connectivity index (χ3v) is 1.32. The minimum atomic E-state index is -4.61. The van der Waals surface area contributed by atoms with Gasteiger partial charge in [-0.1, -0.05) is 32.0 Å². The zero-order chi connectivity index (χ0) is 11.2. The average molecular weight is 206 g/mol. The quantitative estimate of drug-likeness (QED) is 0.676. The van der Waals surface area contributed by atoms with Crippen molar-refractivity contribution >= 4 is 0 Å². The molecule has 1 nitrogen and oxygen atoms in total. The number of rotatable bonds is 1. The molecule has 0 unspecified atom stereocenters. The Bertz CT molecular complexity index is 268. The topological polar surface area (TPSA) is 9.23 Å². The van der Waals surface area contributed by atoms with Crippen LogP contribution in [0.2, 0.25) is 0 Å². The fourth-order valence-corrected chi connectivity index (χ4v) is 0.796. The first-order valence-electron chi connectivity index (χ1n) is 4.30. The van der Waals surface area contributed by atoms with Crippen molar-refractivity contribution in [2.24, 2.45) is 0 Å². The van der Waals surface area contributed by atoms with Crippen LogP contribution in [0.25, 0.3) is 0 Å². The van der Waals surface area contributed by atoms with Gasteiger partial charge < -0.3 is 4.74 Å². The predicted molar refractivity (Wildman–Crippen MR) is 49.2 cm³/mol. The Labute approximate surface area is 81.5 Å². The molecule has 0 atom stereocenters. The van der Waals surface area contributed by atoms with Crippen LogP contribution in [0.4, 0.5) is 13.2 Å². The number of alkyl halides is 3. The molecule has 0 radical (unpaired) electrons. The Kier molecular flexibility index (Phi) is 5.05. The van der Waals surface area contributed by atoms with Crippen molar-refractivity contribution < 1.29 is 17.9 Å². The van der Waals surface area contributed by atoms with E-state index in [1.807, 2.05) is 13.8 Å². The second kappa shape index (κ2) is 5.52. The van der Waals surface area contributed by atoms with E-state index in [0.717, 1.165) is 0 Å². The summed E-state index contributed by atoms with van der Waals surface area (Å²) in [6, 6.07) is 5.98. The lowest BCUT2D eigenvalue weighted by Crippen LogP contribution is -2.17. The second-order valence-corrected chi connectivity index (χ2v) is 2.31. The van der Waals surface area contributed by atoms with E-state index in [0.29, 0.717) is 5.56 Å². The molecule has 1 aromatic rings. The molecule has 0 aromatic heterocycles. The van der Waals surface area contributed by atoms with Gasteiger partial charge in [0.2, 0.25) is 0 Å². The average Bonchev–Trinajstić information content (AvgIpc) is 2.10. The van der Waals surface area contributed by atoms with Crippen LogP contribution in [0.3, 0.4) is 0 Å². The summed E-state index contributed by atoms with van der Waals surface area (Å²) < 4.78 is 38.8. The summed E-state index contributed by atoms with van der Waals surface area (Å²) in [5.41, 5.74) is 0.467. The first kappa shape index (κ1) is 12.8. The van der Waals surface area contributed by atoms with Gasteiger partial charge in [-0.3, -0.25) is 0 Å². The van der Waals surface area contributed by atoms with E-state index in [1.54, 1.807) is 19.1 Å². The molecule has 1 aromatic carbocycles. The monoisotopic (exact) mass is 206 g/mol. The minimum Gasteiger partial charge on any atom is -0.406 e. The SMILES string of the molecule is CC.Cc1ccccc1OC(F)(F)F. The van der Waals surface area contributed by atoms with Gasteiger partial charge in [-0.25, -0.2) is 0 Å². The number of hydrogen-bond donors (Lipinski definition) is 0. The number of ether oxygens (including phenoxy) is 1. The van der Waals surface area contributed by atoms with Gasteiger partial charge in [0, 0.05) is 0 Å². The second-order valence-electron chi connectivity index (χ2n) is 2.31. The van der Waals surface area contributed by atoms with Crippen LogP contribution < -0.4 is 4.74 Å². The molecule has 0 aliphatic carbocycles. The summed E-state index contributed by atoms with van der Waals surface area (Å²) >= 11 is 0. The summed E-state index contributed by atoms with van der Waals surface area (Å²) in [5, 5.41) is 0. The summed E-state index contributed by atoms with van der Waals surface area (Å²) in [4.78, 5) is 0. The number of aryl methyl sites for hydroxylation is 1. The van der Waals surface area contributed by atoms with Gasteiger partial charge in [0.15, 0.2) is 0 Å². The van der Waals surface area contributed by atoms with E-state index >= 15 is 0 Å². The Morgan fingerprint density at radius 1 is 1.07 bits per heavy atom. The van der Waals surface area contributed by atoms with Crippen LogP contribution in [0.1, 0.15) is 19.4 Å². The lowest BCUT2D eigenvalue weighted by atomic mass is 10.2. The van der Waals surface area contributed by atoms with Crippen LogP contribution >= 0.6 is 0 Å². The van der Waals surface area contributed by atoms with Gasteiger partial charge in [0.25, 0.3) is 0 Å². The summed E-state index contributed by atoms with van der Waals surface area (Å²) in [5.74, 6) is -0.148. The molecule has 0 aliphatic heterocycles. The van der Waals surface area contributed by atoms with Crippen LogP contribution in [0.5, 0.6) is 5.75 Å². The van der Waals surface area contributed by atoms with Crippen molar-refractivity contribution in [1.29, 1.82) is 0 Å². The highest BCUT2D eigenvalue weighted by Gasteiger charge is 2.31. The number of benzene rings is 1. The molecule has 0 amide bonds. The number of para-hydroxylation sites is 1. The first-order chi connectivity index (χ1) is 6.49. The maximum absolute atomic E-state index is 11.7. The van der Waals surface area contributed by atoms with E-state index in [1.165, 1.54) is 12.1 Å². The third-order valence-electron chi connectivity index (χ3n) is 1.32. The largest absolute Gasteiger partial charge is 0.573 e. The summed E-state index contributed by atoms with van der Waals surface area (Å²) in [6.07, 6.45) is -4.61. The van der Waals surface area contributed by atoms with Crippen molar-refractivity contribution in [2.75, 3.05) is 0 Å². The molecule has 80 valence electrons. The molecule has 0 aliphatic rings. The highest BCUT2D eigenvalue weighted by atomic mass is 19.4. The molecule has 1 rings (SSSR count). The fourth-order valence-electron chi connectivity index (χ4n) is 0.796. The number of halogens is 3. The Balaban J connectivity index is 0.000000791. The Morgan fingerprint density at radius 3 is 2.00 bits per heavy atom. The van der Waals surface area contributed by atoms with Gasteiger partial charge >= 0.3 is 6.36 Å². The van der Waals surface area contributed by atoms with Gasteiger partial charge in [-0.2, -0.15) is 0 Å². The maximum Gasteiger partial charge on any atom is 0.573 e. The minimum absolute atomic E-state index is 0.148. The molecule has 4 heteroatoms.